The summed E-state index contributed by atoms with van der Waals surface area (Å²) in [7, 11) is 4.35. The molecule has 3 N–H and O–H groups in total. The summed E-state index contributed by atoms with van der Waals surface area (Å²) < 4.78 is 0. The van der Waals surface area contributed by atoms with Crippen LogP contribution in [0.1, 0.15) is 41.5 Å². The molecule has 1 heterocycles. The van der Waals surface area contributed by atoms with Gasteiger partial charge in [0.25, 0.3) is 0 Å². The van der Waals surface area contributed by atoms with Gasteiger partial charge in [0.05, 0.1) is 6.04 Å². The zero-order valence-electron chi connectivity index (χ0n) is 11.0. The second kappa shape index (κ2) is 5.06. The number of hydrazine groups is 1. The van der Waals surface area contributed by atoms with Crippen LogP contribution < -0.4 is 11.3 Å². The molecule has 1 aliphatic carbocycles. The molecule has 0 radical (unpaired) electrons. The summed E-state index contributed by atoms with van der Waals surface area (Å²) in [5.74, 6) is 5.85. The quantitative estimate of drug-likeness (QED) is 0.639. The molecular formula is C13H23N3S. The lowest BCUT2D eigenvalue weighted by atomic mass is 9.86. The maximum atomic E-state index is 5.85. The molecule has 0 saturated heterocycles. The largest absolute Gasteiger partial charge is 0.302 e. The first-order valence-electron chi connectivity index (χ1n) is 6.30. The van der Waals surface area contributed by atoms with Crippen molar-refractivity contribution in [3.05, 3.63) is 21.9 Å². The molecule has 2 rings (SSSR count). The van der Waals surface area contributed by atoms with Crippen LogP contribution in [0.25, 0.3) is 0 Å². The Kier molecular flexibility index (Phi) is 3.88. The zero-order valence-corrected chi connectivity index (χ0v) is 11.8. The molecular weight excluding hydrogens is 230 g/mol. The van der Waals surface area contributed by atoms with Gasteiger partial charge in [-0.25, -0.2) is 0 Å². The molecule has 1 fully saturated rings. The van der Waals surface area contributed by atoms with Gasteiger partial charge in [0.15, 0.2) is 0 Å². The summed E-state index contributed by atoms with van der Waals surface area (Å²) >= 11 is 1.85. The van der Waals surface area contributed by atoms with E-state index in [1.165, 1.54) is 35.4 Å². The highest BCUT2D eigenvalue weighted by Gasteiger charge is 2.44. The van der Waals surface area contributed by atoms with Crippen LogP contribution in [0.15, 0.2) is 12.1 Å². The lowest BCUT2D eigenvalue weighted by molar-refractivity contribution is 0.106. The lowest BCUT2D eigenvalue weighted by Crippen LogP contribution is -2.53. The van der Waals surface area contributed by atoms with Crippen molar-refractivity contribution >= 4 is 11.3 Å². The third kappa shape index (κ3) is 2.27. The maximum Gasteiger partial charge on any atom is 0.0736 e. The van der Waals surface area contributed by atoms with E-state index in [0.717, 1.165) is 0 Å². The molecule has 0 spiro atoms. The summed E-state index contributed by atoms with van der Waals surface area (Å²) in [6.07, 6.45) is 5.07. The van der Waals surface area contributed by atoms with Crippen LogP contribution in [0.5, 0.6) is 0 Å². The van der Waals surface area contributed by atoms with E-state index in [0.29, 0.717) is 0 Å². The van der Waals surface area contributed by atoms with Gasteiger partial charge >= 0.3 is 0 Å². The monoisotopic (exact) mass is 253 g/mol. The van der Waals surface area contributed by atoms with E-state index in [9.17, 15) is 0 Å². The van der Waals surface area contributed by atoms with Crippen LogP contribution in [-0.2, 0) is 0 Å². The molecule has 17 heavy (non-hydrogen) atoms. The van der Waals surface area contributed by atoms with E-state index < -0.39 is 0 Å². The van der Waals surface area contributed by atoms with Gasteiger partial charge in [-0.15, -0.1) is 11.3 Å². The smallest absolute Gasteiger partial charge is 0.0736 e. The molecule has 1 atom stereocenters. The molecule has 1 aromatic rings. The zero-order chi connectivity index (χ0) is 12.5. The first kappa shape index (κ1) is 13.0. The van der Waals surface area contributed by atoms with E-state index in [4.69, 9.17) is 5.84 Å². The Balaban J connectivity index is 2.33. The third-order valence-electron chi connectivity index (χ3n) is 4.11. The van der Waals surface area contributed by atoms with E-state index in [1.807, 2.05) is 11.3 Å². The van der Waals surface area contributed by atoms with E-state index in [1.54, 1.807) is 0 Å². The molecule has 0 amide bonds. The number of thiophene rings is 1. The average Bonchev–Trinajstić information content (AvgIpc) is 2.90. The van der Waals surface area contributed by atoms with Crippen LogP contribution in [0.2, 0.25) is 0 Å². The van der Waals surface area contributed by atoms with Gasteiger partial charge in [0.2, 0.25) is 0 Å². The number of likely N-dealkylation sites (N-methyl/N-ethyl adjacent to an activating group) is 1. The number of rotatable bonds is 4. The molecule has 4 heteroatoms. The van der Waals surface area contributed by atoms with Gasteiger partial charge in [-0.1, -0.05) is 12.8 Å². The van der Waals surface area contributed by atoms with Gasteiger partial charge in [0, 0.05) is 15.3 Å². The Labute approximate surface area is 108 Å². The van der Waals surface area contributed by atoms with Crippen molar-refractivity contribution in [3.63, 3.8) is 0 Å². The fourth-order valence-electron chi connectivity index (χ4n) is 3.09. The van der Waals surface area contributed by atoms with Crippen molar-refractivity contribution in [2.45, 2.75) is 44.2 Å². The maximum absolute atomic E-state index is 5.85. The fourth-order valence-corrected chi connectivity index (χ4v) is 4.14. The van der Waals surface area contributed by atoms with Crippen molar-refractivity contribution in [1.29, 1.82) is 0 Å². The number of nitrogens with two attached hydrogens (primary N) is 1. The predicted molar refractivity (Wildman–Crippen MR) is 74.0 cm³/mol. The van der Waals surface area contributed by atoms with Crippen LogP contribution in [0, 0.1) is 6.92 Å². The normalized spacial score (nSPS) is 21.0. The molecule has 3 nitrogen and oxygen atoms in total. The van der Waals surface area contributed by atoms with Crippen LogP contribution in [-0.4, -0.2) is 24.5 Å². The van der Waals surface area contributed by atoms with Crippen molar-refractivity contribution in [3.8, 4) is 0 Å². The van der Waals surface area contributed by atoms with Crippen LogP contribution >= 0.6 is 11.3 Å². The second-order valence-electron chi connectivity index (χ2n) is 5.25. The predicted octanol–water partition coefficient (Wildman–Crippen LogP) is 2.44. The van der Waals surface area contributed by atoms with Crippen LogP contribution in [0.4, 0.5) is 0 Å². The third-order valence-corrected chi connectivity index (χ3v) is 5.18. The summed E-state index contributed by atoms with van der Waals surface area (Å²) in [4.78, 5) is 5.08. The SMILES string of the molecule is Cc1ccc(C(NN)C2(N(C)C)CCCC2)s1. The fraction of sp³-hybridized carbons (Fsp3) is 0.692. The van der Waals surface area contributed by atoms with Gasteiger partial charge in [-0.05, 0) is 46.0 Å². The highest BCUT2D eigenvalue weighted by Crippen LogP contribution is 2.44. The molecule has 1 aromatic heterocycles. The van der Waals surface area contributed by atoms with Gasteiger partial charge in [0.1, 0.15) is 0 Å². The summed E-state index contributed by atoms with van der Waals surface area (Å²) in [6.45, 7) is 2.15. The molecule has 1 aliphatic rings. The number of nitrogens with one attached hydrogen (secondary N) is 1. The highest BCUT2D eigenvalue weighted by molar-refractivity contribution is 7.12. The molecule has 0 bridgehead atoms. The molecule has 0 aliphatic heterocycles. The summed E-state index contributed by atoms with van der Waals surface area (Å²) in [6, 6.07) is 4.65. The van der Waals surface area contributed by atoms with Crippen molar-refractivity contribution in [2.75, 3.05) is 14.1 Å². The van der Waals surface area contributed by atoms with E-state index in [2.05, 4.69) is 43.5 Å². The molecule has 0 aromatic carbocycles. The minimum atomic E-state index is 0.187. The number of hydrogen-bond donors (Lipinski definition) is 2. The molecule has 96 valence electrons. The minimum Gasteiger partial charge on any atom is -0.302 e. The van der Waals surface area contributed by atoms with Gasteiger partial charge in [-0.2, -0.15) is 0 Å². The lowest BCUT2D eigenvalue weighted by Gasteiger charge is -2.42. The van der Waals surface area contributed by atoms with Crippen molar-refractivity contribution in [1.82, 2.24) is 10.3 Å². The standard InChI is InChI=1S/C13H23N3S/c1-10-6-7-11(17-10)12(15-14)13(16(2)3)8-4-5-9-13/h6-7,12,15H,4-5,8-9,14H2,1-3H3. The molecule has 1 unspecified atom stereocenters. The van der Waals surface area contributed by atoms with E-state index >= 15 is 0 Å². The topological polar surface area (TPSA) is 41.3 Å². The van der Waals surface area contributed by atoms with Crippen molar-refractivity contribution in [2.24, 2.45) is 5.84 Å². The Morgan fingerprint density at radius 3 is 2.41 bits per heavy atom. The van der Waals surface area contributed by atoms with E-state index in [-0.39, 0.29) is 11.6 Å². The first-order valence-corrected chi connectivity index (χ1v) is 7.12. The Morgan fingerprint density at radius 2 is 2.00 bits per heavy atom. The Morgan fingerprint density at radius 1 is 1.35 bits per heavy atom. The van der Waals surface area contributed by atoms with Crippen LogP contribution in [0.3, 0.4) is 0 Å². The number of aryl methyl sites for hydroxylation is 1. The van der Waals surface area contributed by atoms with Gasteiger partial charge < -0.3 is 4.90 Å². The Hall–Kier alpha value is -0.420. The van der Waals surface area contributed by atoms with Crippen molar-refractivity contribution < 1.29 is 0 Å². The minimum absolute atomic E-state index is 0.187. The summed E-state index contributed by atoms with van der Waals surface area (Å²) in [5, 5.41) is 0. The Bertz CT molecular complexity index is 366. The number of hydrogen-bond acceptors (Lipinski definition) is 4. The van der Waals surface area contributed by atoms with Gasteiger partial charge in [-0.3, -0.25) is 11.3 Å². The second-order valence-corrected chi connectivity index (χ2v) is 6.57. The highest BCUT2D eigenvalue weighted by atomic mass is 32.1. The summed E-state index contributed by atoms with van der Waals surface area (Å²) in [5.41, 5.74) is 3.25. The molecule has 1 saturated carbocycles. The number of nitrogens with zero attached hydrogens (tertiary/aromatic N) is 1. The average molecular weight is 253 g/mol. The first-order chi connectivity index (χ1) is 8.10.